The van der Waals surface area contributed by atoms with Gasteiger partial charge in [-0.3, -0.25) is 9.78 Å². The highest BCUT2D eigenvalue weighted by molar-refractivity contribution is 8.14. The Balaban J connectivity index is 2.31. The Morgan fingerprint density at radius 3 is 2.76 bits per heavy atom. The standard InChI is InChI=1S/C10H11ClN2O3S/c1-7-2-3-12-5-9(7)13-6-8(4-10(13)14)17(11,15)16/h2-3,5,8H,4,6H2,1H3. The summed E-state index contributed by atoms with van der Waals surface area (Å²) in [4.78, 5) is 17.1. The monoisotopic (exact) mass is 274 g/mol. The molecule has 2 heterocycles. The van der Waals surface area contributed by atoms with Crippen LogP contribution in [0.4, 0.5) is 5.69 Å². The van der Waals surface area contributed by atoms with Gasteiger partial charge in [0.2, 0.25) is 15.0 Å². The molecule has 1 amide bonds. The van der Waals surface area contributed by atoms with Crippen molar-refractivity contribution in [1.29, 1.82) is 0 Å². The average molecular weight is 275 g/mol. The van der Waals surface area contributed by atoms with Crippen molar-refractivity contribution < 1.29 is 13.2 Å². The lowest BCUT2D eigenvalue weighted by molar-refractivity contribution is -0.117. The number of anilines is 1. The fourth-order valence-electron chi connectivity index (χ4n) is 1.83. The first-order valence-corrected chi connectivity index (χ1v) is 7.41. The molecular weight excluding hydrogens is 264 g/mol. The molecule has 2 rings (SSSR count). The number of hydrogen-bond acceptors (Lipinski definition) is 4. The van der Waals surface area contributed by atoms with Crippen LogP contribution in [0.25, 0.3) is 0 Å². The first-order valence-electron chi connectivity index (χ1n) is 5.04. The SMILES string of the molecule is Cc1ccncc1N1CC(S(=O)(=O)Cl)CC1=O. The van der Waals surface area contributed by atoms with E-state index >= 15 is 0 Å². The van der Waals surface area contributed by atoms with E-state index in [0.717, 1.165) is 5.56 Å². The Morgan fingerprint density at radius 2 is 2.24 bits per heavy atom. The van der Waals surface area contributed by atoms with Gasteiger partial charge < -0.3 is 4.90 Å². The Labute approximate surface area is 104 Å². The zero-order valence-corrected chi connectivity index (χ0v) is 10.7. The zero-order valence-electron chi connectivity index (χ0n) is 9.13. The van der Waals surface area contributed by atoms with Gasteiger partial charge in [-0.05, 0) is 18.6 Å². The van der Waals surface area contributed by atoms with Gasteiger partial charge in [0.05, 0.1) is 11.9 Å². The van der Waals surface area contributed by atoms with Crippen molar-refractivity contribution in [3.8, 4) is 0 Å². The van der Waals surface area contributed by atoms with Crippen LogP contribution in [0.1, 0.15) is 12.0 Å². The van der Waals surface area contributed by atoms with E-state index in [0.29, 0.717) is 5.69 Å². The third kappa shape index (κ3) is 2.42. The van der Waals surface area contributed by atoms with E-state index < -0.39 is 14.3 Å². The first-order chi connectivity index (χ1) is 7.89. The molecule has 0 radical (unpaired) electrons. The molecular formula is C10H11ClN2O3S. The lowest BCUT2D eigenvalue weighted by atomic mass is 10.2. The van der Waals surface area contributed by atoms with Crippen molar-refractivity contribution in [3.63, 3.8) is 0 Å². The zero-order chi connectivity index (χ0) is 12.6. The predicted octanol–water partition coefficient (Wildman–Crippen LogP) is 1.06. The maximum absolute atomic E-state index is 11.8. The number of carbonyl (C=O) groups excluding carboxylic acids is 1. The third-order valence-corrected chi connectivity index (χ3v) is 4.66. The largest absolute Gasteiger partial charge is 0.309 e. The molecule has 0 saturated carbocycles. The van der Waals surface area contributed by atoms with E-state index in [4.69, 9.17) is 10.7 Å². The van der Waals surface area contributed by atoms with Gasteiger partial charge in [-0.15, -0.1) is 0 Å². The molecule has 1 atom stereocenters. The number of halogens is 1. The minimum atomic E-state index is -3.70. The molecule has 7 heteroatoms. The lowest BCUT2D eigenvalue weighted by Gasteiger charge is -2.17. The summed E-state index contributed by atoms with van der Waals surface area (Å²) in [7, 11) is 1.58. The molecule has 0 N–H and O–H groups in total. The predicted molar refractivity (Wildman–Crippen MR) is 64.5 cm³/mol. The van der Waals surface area contributed by atoms with E-state index in [-0.39, 0.29) is 18.9 Å². The Hall–Kier alpha value is -1.14. The maximum Gasteiger partial charge on any atom is 0.237 e. The van der Waals surface area contributed by atoms with Crippen molar-refractivity contribution in [2.45, 2.75) is 18.6 Å². The number of rotatable bonds is 2. The molecule has 1 fully saturated rings. The molecule has 0 aliphatic carbocycles. The highest BCUT2D eigenvalue weighted by atomic mass is 35.7. The Bertz CT molecular complexity index is 558. The molecule has 5 nitrogen and oxygen atoms in total. The number of aromatic nitrogens is 1. The van der Waals surface area contributed by atoms with Crippen LogP contribution in [0.5, 0.6) is 0 Å². The third-order valence-electron chi connectivity index (χ3n) is 2.79. The average Bonchev–Trinajstić information content (AvgIpc) is 2.61. The molecule has 0 bridgehead atoms. The van der Waals surface area contributed by atoms with Gasteiger partial charge in [0.1, 0.15) is 5.25 Å². The second kappa shape index (κ2) is 4.27. The quantitative estimate of drug-likeness (QED) is 0.757. The number of hydrogen-bond donors (Lipinski definition) is 0. The maximum atomic E-state index is 11.8. The molecule has 1 aromatic rings. The molecule has 1 aromatic heterocycles. The van der Waals surface area contributed by atoms with Crippen molar-refractivity contribution in [3.05, 3.63) is 24.0 Å². The summed E-state index contributed by atoms with van der Waals surface area (Å²) in [5.41, 5.74) is 1.52. The molecule has 92 valence electrons. The Kier molecular flexibility index (Phi) is 3.09. The lowest BCUT2D eigenvalue weighted by Crippen LogP contribution is -2.27. The van der Waals surface area contributed by atoms with Crippen LogP contribution in [-0.2, 0) is 13.8 Å². The number of aryl methyl sites for hydroxylation is 1. The van der Waals surface area contributed by atoms with Gasteiger partial charge in [0.15, 0.2) is 0 Å². The second-order valence-electron chi connectivity index (χ2n) is 3.97. The summed E-state index contributed by atoms with van der Waals surface area (Å²) < 4.78 is 22.4. The molecule has 1 saturated heterocycles. The van der Waals surface area contributed by atoms with E-state index in [1.165, 1.54) is 4.90 Å². The minimum absolute atomic E-state index is 0.0693. The van der Waals surface area contributed by atoms with Gasteiger partial charge in [0.25, 0.3) is 0 Å². The van der Waals surface area contributed by atoms with Gasteiger partial charge in [-0.1, -0.05) is 0 Å². The first kappa shape index (κ1) is 12.3. The number of carbonyl (C=O) groups is 1. The second-order valence-corrected chi connectivity index (χ2v) is 6.88. The van der Waals surface area contributed by atoms with Crippen molar-refractivity contribution in [2.75, 3.05) is 11.4 Å². The smallest absolute Gasteiger partial charge is 0.237 e. The summed E-state index contributed by atoms with van der Waals surface area (Å²) in [6, 6.07) is 1.77. The molecule has 1 aliphatic heterocycles. The fourth-order valence-corrected chi connectivity index (χ4v) is 2.86. The van der Waals surface area contributed by atoms with Crippen LogP contribution >= 0.6 is 10.7 Å². The summed E-state index contributed by atoms with van der Waals surface area (Å²) in [6.07, 6.45) is 3.10. The molecule has 1 aliphatic rings. The van der Waals surface area contributed by atoms with Gasteiger partial charge >= 0.3 is 0 Å². The summed E-state index contributed by atoms with van der Waals surface area (Å²) >= 11 is 0. The molecule has 17 heavy (non-hydrogen) atoms. The van der Waals surface area contributed by atoms with Crippen LogP contribution in [-0.4, -0.2) is 31.1 Å². The minimum Gasteiger partial charge on any atom is -0.309 e. The van der Waals surface area contributed by atoms with Crippen molar-refractivity contribution in [1.82, 2.24) is 4.98 Å². The van der Waals surface area contributed by atoms with Crippen LogP contribution in [0, 0.1) is 6.92 Å². The van der Waals surface area contributed by atoms with Crippen LogP contribution in [0.2, 0.25) is 0 Å². The van der Waals surface area contributed by atoms with Gasteiger partial charge in [-0.2, -0.15) is 0 Å². The van der Waals surface area contributed by atoms with Crippen molar-refractivity contribution in [2.24, 2.45) is 0 Å². The highest BCUT2D eigenvalue weighted by Crippen LogP contribution is 2.28. The molecule has 1 unspecified atom stereocenters. The molecule has 0 aromatic carbocycles. The van der Waals surface area contributed by atoms with Crippen LogP contribution in [0.15, 0.2) is 18.5 Å². The topological polar surface area (TPSA) is 67.3 Å². The fraction of sp³-hybridized carbons (Fsp3) is 0.400. The summed E-state index contributed by atoms with van der Waals surface area (Å²) in [5, 5.41) is -0.837. The normalized spacial score (nSPS) is 20.9. The van der Waals surface area contributed by atoms with Crippen LogP contribution < -0.4 is 4.90 Å². The Morgan fingerprint density at radius 1 is 1.53 bits per heavy atom. The van der Waals surface area contributed by atoms with E-state index in [9.17, 15) is 13.2 Å². The van der Waals surface area contributed by atoms with Crippen LogP contribution in [0.3, 0.4) is 0 Å². The van der Waals surface area contributed by atoms with E-state index in [1.54, 1.807) is 18.5 Å². The number of nitrogens with zero attached hydrogens (tertiary/aromatic N) is 2. The van der Waals surface area contributed by atoms with E-state index in [2.05, 4.69) is 4.98 Å². The van der Waals surface area contributed by atoms with E-state index in [1.807, 2.05) is 6.92 Å². The molecule has 0 spiro atoms. The van der Waals surface area contributed by atoms with Gasteiger partial charge in [0, 0.05) is 29.8 Å². The number of amides is 1. The summed E-state index contributed by atoms with van der Waals surface area (Å²) in [6.45, 7) is 1.93. The van der Waals surface area contributed by atoms with Crippen molar-refractivity contribution >= 4 is 31.3 Å². The van der Waals surface area contributed by atoms with Gasteiger partial charge in [-0.25, -0.2) is 8.42 Å². The number of pyridine rings is 1. The summed E-state index contributed by atoms with van der Waals surface area (Å²) in [5.74, 6) is -0.240. The highest BCUT2D eigenvalue weighted by Gasteiger charge is 2.38.